The molecule has 0 heterocycles. The summed E-state index contributed by atoms with van der Waals surface area (Å²) in [5.41, 5.74) is 5.58. The molecular weight excluding hydrogens is 655 g/mol. The predicted molar refractivity (Wildman–Crippen MR) is 164 cm³/mol. The number of hydrogen-bond donors (Lipinski definition) is 0. The van der Waals surface area contributed by atoms with Gasteiger partial charge in [0.1, 0.15) is 0 Å². The van der Waals surface area contributed by atoms with Crippen LogP contribution < -0.4 is 15.9 Å². The van der Waals surface area contributed by atoms with Crippen molar-refractivity contribution in [3.05, 3.63) is 113 Å². The van der Waals surface area contributed by atoms with Crippen molar-refractivity contribution in [3.63, 3.8) is 0 Å². The fraction of sp³-hybridized carbons (Fsp3) is 0.424. The monoisotopic (exact) mass is 699 g/mol. The molecule has 5 heteroatoms. The summed E-state index contributed by atoms with van der Waals surface area (Å²) in [6.45, 7) is 24.1. The van der Waals surface area contributed by atoms with E-state index in [1.165, 1.54) is 15.9 Å². The maximum Gasteiger partial charge on any atom is 2.00 e. The summed E-state index contributed by atoms with van der Waals surface area (Å²) in [7, 11) is -0.446. The second kappa shape index (κ2) is 18.2. The van der Waals surface area contributed by atoms with Gasteiger partial charge in [-0.2, -0.15) is 0 Å². The molecule has 0 bridgehead atoms. The van der Waals surface area contributed by atoms with E-state index in [1.807, 2.05) is 20.8 Å². The zero-order valence-corrected chi connectivity index (χ0v) is 28.0. The predicted octanol–water partition coefficient (Wildman–Crippen LogP) is 8.65. The van der Waals surface area contributed by atoms with E-state index >= 15 is 0 Å². The van der Waals surface area contributed by atoms with E-state index in [-0.39, 0.29) is 26.6 Å². The average Bonchev–Trinajstić information content (AvgIpc) is 3.09. The van der Waals surface area contributed by atoms with Crippen LogP contribution >= 0.6 is 7.92 Å². The molecule has 3 aromatic rings. The van der Waals surface area contributed by atoms with E-state index in [2.05, 4.69) is 130 Å². The van der Waals surface area contributed by atoms with Gasteiger partial charge in [-0.15, -0.1) is 0 Å². The number of benzene rings is 3. The van der Waals surface area contributed by atoms with Crippen LogP contribution in [0.1, 0.15) is 55.4 Å². The molecule has 3 nitrogen and oxygen atoms in total. The van der Waals surface area contributed by atoms with Crippen molar-refractivity contribution in [2.45, 2.75) is 60.9 Å². The molecule has 0 saturated heterocycles. The van der Waals surface area contributed by atoms with E-state index in [9.17, 15) is 0 Å². The van der Waals surface area contributed by atoms with E-state index < -0.39 is 7.92 Å². The molecule has 0 radical (unpaired) electrons. The van der Waals surface area contributed by atoms with Crippen LogP contribution in [0, 0.1) is 41.1 Å². The third-order valence-electron chi connectivity index (χ3n) is 7.53. The average molecular weight is 700 g/mol. The molecule has 1 aliphatic rings. The van der Waals surface area contributed by atoms with Crippen molar-refractivity contribution < 1.29 is 21.1 Å². The van der Waals surface area contributed by atoms with E-state index in [1.54, 1.807) is 0 Å². The number of nitrogens with zero attached hydrogens (tertiary/aromatic N) is 2. The second-order valence-electron chi connectivity index (χ2n) is 10.9. The second-order valence-corrected chi connectivity index (χ2v) is 13.1. The first-order valence-electron chi connectivity index (χ1n) is 13.1. The number of hydrogen-bond acceptors (Lipinski definition) is 1. The molecule has 0 spiro atoms. The third kappa shape index (κ3) is 11.3. The van der Waals surface area contributed by atoms with Crippen LogP contribution in [0.25, 0.3) is 10.4 Å². The van der Waals surface area contributed by atoms with Crippen molar-refractivity contribution in [2.75, 3.05) is 0 Å². The minimum absolute atomic E-state index is 0. The first kappa shape index (κ1) is 35.9. The van der Waals surface area contributed by atoms with Crippen LogP contribution in [-0.2, 0) is 21.1 Å². The molecule has 1 fully saturated rings. The SMILES string of the molecule is CC1C(C)C(C)C(C)C1C.[C-]#[N+]C(C)(C)C.[N-]=O.[W+2].c1ccc(P(c2ccccc2)c2ccccc2)cc1. The fourth-order valence-electron chi connectivity index (χ4n) is 4.57. The van der Waals surface area contributed by atoms with Crippen molar-refractivity contribution in [1.82, 2.24) is 0 Å². The molecule has 4 rings (SSSR count). The van der Waals surface area contributed by atoms with Gasteiger partial charge in [0, 0.05) is 20.8 Å². The Labute approximate surface area is 247 Å². The zero-order chi connectivity index (χ0) is 28.0. The minimum Gasteiger partial charge on any atom is -0.577 e. The topological polar surface area (TPSA) is 43.7 Å². The third-order valence-corrected chi connectivity index (χ3v) is 9.97. The van der Waals surface area contributed by atoms with Gasteiger partial charge in [-0.25, -0.2) is 6.57 Å². The molecule has 1 aliphatic carbocycles. The molecule has 0 aliphatic heterocycles. The summed E-state index contributed by atoms with van der Waals surface area (Å²) in [4.78, 5) is 10.5. The van der Waals surface area contributed by atoms with Gasteiger partial charge in [-0.1, -0.05) is 126 Å². The number of nitroso groups, excluding NO2 is 1. The van der Waals surface area contributed by atoms with Crippen LogP contribution in [0.15, 0.2) is 91.0 Å². The Bertz CT molecular complexity index is 912. The normalized spacial score (nSPS) is 21.6. The van der Waals surface area contributed by atoms with Crippen LogP contribution in [0.5, 0.6) is 0 Å². The zero-order valence-electron chi connectivity index (χ0n) is 24.2. The first-order chi connectivity index (χ1) is 17.6. The minimum atomic E-state index is -0.446. The van der Waals surface area contributed by atoms with Gasteiger partial charge in [0.25, 0.3) is 0 Å². The smallest absolute Gasteiger partial charge is 0.577 e. The standard InChI is InChI=1S/C18H15P.C10H20.C5H9N.NO.W/c1-4-10-16(11-5-1)19(17-12-6-2-7-13-17)18-14-8-3-9-15-18;1-6-7(2)9(4)10(5)8(6)3;1-5(2,3)6-4;1-2;/h1-15H;6-10H,1-5H3;1-3H3;;/q;;;-1;+2. The van der Waals surface area contributed by atoms with Crippen LogP contribution in [0.3, 0.4) is 0 Å². The molecule has 0 N–H and O–H groups in total. The Kier molecular flexibility index (Phi) is 17.2. The van der Waals surface area contributed by atoms with Crippen LogP contribution in [0.4, 0.5) is 0 Å². The Morgan fingerprint density at radius 2 is 0.763 bits per heavy atom. The summed E-state index contributed by atoms with van der Waals surface area (Å²) >= 11 is 0. The van der Waals surface area contributed by atoms with E-state index in [0.717, 1.165) is 29.6 Å². The Hall–Kier alpha value is -2.13. The summed E-state index contributed by atoms with van der Waals surface area (Å²) in [5, 5.41) is 4.19. The molecule has 0 amide bonds. The maximum atomic E-state index is 7.25. The Balaban J connectivity index is 0.000000609. The molecule has 202 valence electrons. The molecule has 3 aromatic carbocycles. The van der Waals surface area contributed by atoms with Crippen molar-refractivity contribution in [1.29, 1.82) is 0 Å². The summed E-state index contributed by atoms with van der Waals surface area (Å²) in [5.74, 6) is 4.68. The molecule has 0 atom stereocenters. The van der Waals surface area contributed by atoms with Crippen molar-refractivity contribution >= 4 is 23.8 Å². The molecular formula is C33H44N2OPW+. The number of rotatable bonds is 3. The Morgan fingerprint density at radius 3 is 0.921 bits per heavy atom. The maximum absolute atomic E-state index is 7.25. The van der Waals surface area contributed by atoms with Gasteiger partial charge in [-0.3, -0.25) is 0 Å². The van der Waals surface area contributed by atoms with Gasteiger partial charge < -0.3 is 15.3 Å². The first-order valence-corrected chi connectivity index (χ1v) is 14.4. The van der Waals surface area contributed by atoms with Crippen molar-refractivity contribution in [2.24, 2.45) is 29.6 Å². The summed E-state index contributed by atoms with van der Waals surface area (Å²) in [6, 6.07) is 32.3. The van der Waals surface area contributed by atoms with Crippen LogP contribution in [0.2, 0.25) is 0 Å². The van der Waals surface area contributed by atoms with Crippen molar-refractivity contribution in [3.8, 4) is 0 Å². The molecule has 38 heavy (non-hydrogen) atoms. The fourth-order valence-corrected chi connectivity index (χ4v) is 6.88. The quantitative estimate of drug-likeness (QED) is 0.200. The summed E-state index contributed by atoms with van der Waals surface area (Å²) < 4.78 is 0. The van der Waals surface area contributed by atoms with E-state index in [4.69, 9.17) is 17.1 Å². The van der Waals surface area contributed by atoms with Gasteiger partial charge >= 0.3 is 21.1 Å². The molecule has 0 unspecified atom stereocenters. The molecule has 1 saturated carbocycles. The Morgan fingerprint density at radius 1 is 0.579 bits per heavy atom. The van der Waals surface area contributed by atoms with Gasteiger partial charge in [0.2, 0.25) is 5.54 Å². The van der Waals surface area contributed by atoms with Gasteiger partial charge in [0.15, 0.2) is 0 Å². The van der Waals surface area contributed by atoms with Gasteiger partial charge in [-0.05, 0) is 53.4 Å². The van der Waals surface area contributed by atoms with E-state index in [0.29, 0.717) is 0 Å². The molecule has 0 aromatic heterocycles. The van der Waals surface area contributed by atoms with Gasteiger partial charge in [0.05, 0.1) is 0 Å². The largest absolute Gasteiger partial charge is 2.00 e. The van der Waals surface area contributed by atoms with Crippen LogP contribution in [-0.4, -0.2) is 5.54 Å². The summed E-state index contributed by atoms with van der Waals surface area (Å²) in [6.07, 6.45) is 0.